The van der Waals surface area contributed by atoms with Gasteiger partial charge in [0, 0.05) is 24.2 Å². The van der Waals surface area contributed by atoms with Crippen LogP contribution < -0.4 is 5.43 Å². The number of alkyl halides is 1. The van der Waals surface area contributed by atoms with Crippen molar-refractivity contribution in [3.8, 4) is 0 Å². The number of rotatable bonds is 2. The highest BCUT2D eigenvalue weighted by molar-refractivity contribution is 5.91. The SMILES string of the molecule is Cc1c(F)c(F)c([N+](=O)[O-])c2c(=O)ccn([C@@H]3C[C@@H]3F)c12. The zero-order valence-corrected chi connectivity index (χ0v) is 10.8. The molecule has 2 atom stereocenters. The molecule has 0 saturated heterocycles. The van der Waals surface area contributed by atoms with Gasteiger partial charge in [-0.05, 0) is 6.92 Å². The van der Waals surface area contributed by atoms with E-state index in [0.717, 1.165) is 6.07 Å². The van der Waals surface area contributed by atoms with Crippen molar-refractivity contribution in [1.82, 2.24) is 4.57 Å². The summed E-state index contributed by atoms with van der Waals surface area (Å²) in [5.74, 6) is -3.07. The summed E-state index contributed by atoms with van der Waals surface area (Å²) in [5.41, 5.74) is -2.38. The lowest BCUT2D eigenvalue weighted by molar-refractivity contribution is -0.386. The van der Waals surface area contributed by atoms with Gasteiger partial charge in [-0.1, -0.05) is 0 Å². The van der Waals surface area contributed by atoms with Crippen LogP contribution in [0.2, 0.25) is 0 Å². The second-order valence-corrected chi connectivity index (χ2v) is 4.99. The Morgan fingerprint density at radius 3 is 2.52 bits per heavy atom. The van der Waals surface area contributed by atoms with Gasteiger partial charge in [0.1, 0.15) is 11.6 Å². The zero-order chi connectivity index (χ0) is 15.5. The average Bonchev–Trinajstić information content (AvgIpc) is 3.14. The van der Waals surface area contributed by atoms with Crippen LogP contribution in [-0.4, -0.2) is 15.7 Å². The molecule has 1 aliphatic carbocycles. The number of benzene rings is 1. The largest absolute Gasteiger partial charge is 0.341 e. The summed E-state index contributed by atoms with van der Waals surface area (Å²) in [5, 5.41) is 10.5. The molecule has 1 fully saturated rings. The number of hydrogen-bond acceptors (Lipinski definition) is 3. The summed E-state index contributed by atoms with van der Waals surface area (Å²) in [6.07, 6.45) is 0.259. The number of halogens is 3. The third kappa shape index (κ3) is 1.82. The highest BCUT2D eigenvalue weighted by Crippen LogP contribution is 2.42. The van der Waals surface area contributed by atoms with Crippen molar-refractivity contribution in [3.05, 3.63) is 49.8 Å². The topological polar surface area (TPSA) is 65.1 Å². The van der Waals surface area contributed by atoms with E-state index >= 15 is 0 Å². The van der Waals surface area contributed by atoms with E-state index in [1.165, 1.54) is 17.7 Å². The Morgan fingerprint density at radius 1 is 1.38 bits per heavy atom. The van der Waals surface area contributed by atoms with Crippen molar-refractivity contribution < 1.29 is 18.1 Å². The summed E-state index contributed by atoms with van der Waals surface area (Å²) in [7, 11) is 0. The van der Waals surface area contributed by atoms with Crippen LogP contribution in [-0.2, 0) is 0 Å². The van der Waals surface area contributed by atoms with Crippen molar-refractivity contribution >= 4 is 16.6 Å². The summed E-state index contributed by atoms with van der Waals surface area (Å²) in [6, 6.07) is 0.383. The fraction of sp³-hybridized carbons (Fsp3) is 0.308. The third-order valence-electron chi connectivity index (χ3n) is 3.67. The number of aromatic nitrogens is 1. The highest BCUT2D eigenvalue weighted by Gasteiger charge is 2.41. The minimum atomic E-state index is -1.67. The Bertz CT molecular complexity index is 847. The molecule has 0 amide bonds. The Balaban J connectivity index is 2.54. The Morgan fingerprint density at radius 2 is 2.00 bits per heavy atom. The van der Waals surface area contributed by atoms with E-state index in [0.29, 0.717) is 0 Å². The zero-order valence-electron chi connectivity index (χ0n) is 10.8. The van der Waals surface area contributed by atoms with Gasteiger partial charge in [0.15, 0.2) is 11.2 Å². The molecular formula is C13H9F3N2O3. The maximum Gasteiger partial charge on any atom is 0.321 e. The molecule has 1 aromatic carbocycles. The second-order valence-electron chi connectivity index (χ2n) is 4.99. The molecule has 0 unspecified atom stereocenters. The first-order valence-electron chi connectivity index (χ1n) is 6.15. The number of nitrogens with zero attached hydrogens (tertiary/aromatic N) is 2. The lowest BCUT2D eigenvalue weighted by atomic mass is 10.1. The summed E-state index contributed by atoms with van der Waals surface area (Å²) in [4.78, 5) is 21.8. The van der Waals surface area contributed by atoms with E-state index in [9.17, 15) is 28.1 Å². The van der Waals surface area contributed by atoms with Gasteiger partial charge in [0.25, 0.3) is 0 Å². The van der Waals surface area contributed by atoms with Crippen LogP contribution in [0.4, 0.5) is 18.9 Å². The van der Waals surface area contributed by atoms with Gasteiger partial charge >= 0.3 is 5.69 Å². The maximum atomic E-state index is 13.9. The molecule has 1 aliphatic rings. The molecule has 3 rings (SSSR count). The number of aryl methyl sites for hydroxylation is 1. The number of nitro groups is 1. The molecule has 8 heteroatoms. The molecule has 0 spiro atoms. The van der Waals surface area contributed by atoms with E-state index < -0.39 is 45.3 Å². The molecule has 0 radical (unpaired) electrons. The van der Waals surface area contributed by atoms with Gasteiger partial charge in [-0.15, -0.1) is 0 Å². The van der Waals surface area contributed by atoms with Gasteiger partial charge in [-0.25, -0.2) is 8.78 Å². The van der Waals surface area contributed by atoms with Gasteiger partial charge in [-0.3, -0.25) is 14.9 Å². The van der Waals surface area contributed by atoms with E-state index in [4.69, 9.17) is 0 Å². The van der Waals surface area contributed by atoms with Crippen molar-refractivity contribution in [2.45, 2.75) is 25.6 Å². The van der Waals surface area contributed by atoms with E-state index in [1.807, 2.05) is 0 Å². The van der Waals surface area contributed by atoms with Gasteiger partial charge in [0.05, 0.1) is 16.5 Å². The Hall–Kier alpha value is -2.38. The molecule has 21 heavy (non-hydrogen) atoms. The maximum absolute atomic E-state index is 13.9. The van der Waals surface area contributed by atoms with Gasteiger partial charge < -0.3 is 4.57 Å². The third-order valence-corrected chi connectivity index (χ3v) is 3.67. The van der Waals surface area contributed by atoms with Gasteiger partial charge in [0.2, 0.25) is 5.82 Å². The minimum absolute atomic E-state index is 0.127. The highest BCUT2D eigenvalue weighted by atomic mass is 19.2. The van der Waals surface area contributed by atoms with Crippen LogP contribution in [0.1, 0.15) is 18.0 Å². The van der Waals surface area contributed by atoms with Crippen LogP contribution >= 0.6 is 0 Å². The number of hydrogen-bond donors (Lipinski definition) is 0. The Kier molecular flexibility index (Phi) is 2.79. The van der Waals surface area contributed by atoms with E-state index in [-0.39, 0.29) is 17.5 Å². The lowest BCUT2D eigenvalue weighted by Gasteiger charge is -2.13. The van der Waals surface area contributed by atoms with E-state index in [1.54, 1.807) is 0 Å². The fourth-order valence-corrected chi connectivity index (χ4v) is 2.53. The van der Waals surface area contributed by atoms with Crippen LogP contribution in [0, 0.1) is 28.7 Å². The second kappa shape index (κ2) is 4.31. The average molecular weight is 298 g/mol. The summed E-state index contributed by atoms with van der Waals surface area (Å²) >= 11 is 0. The Labute approximate surface area is 115 Å². The predicted octanol–water partition coefficient (Wildman–Crippen LogP) is 2.78. The fourth-order valence-electron chi connectivity index (χ4n) is 2.53. The first kappa shape index (κ1) is 13.6. The predicted molar refractivity (Wildman–Crippen MR) is 68.1 cm³/mol. The minimum Gasteiger partial charge on any atom is -0.341 e. The monoisotopic (exact) mass is 298 g/mol. The molecule has 0 bridgehead atoms. The quantitative estimate of drug-likeness (QED) is 0.632. The van der Waals surface area contributed by atoms with Crippen LogP contribution in [0.25, 0.3) is 10.9 Å². The summed E-state index contributed by atoms with van der Waals surface area (Å²) in [6.45, 7) is 1.20. The molecule has 110 valence electrons. The summed E-state index contributed by atoms with van der Waals surface area (Å²) < 4.78 is 42.2. The molecule has 1 saturated carbocycles. The van der Waals surface area contributed by atoms with E-state index in [2.05, 4.69) is 0 Å². The standard InChI is InChI=1S/C13H9F3N2O3/c1-5-10(15)11(16)13(18(20)21)9-8(19)2-3-17(12(5)9)7-4-6(7)14/h2-3,6-7H,4H2,1H3/t6-,7+/m0/s1. The number of nitro benzene ring substituents is 1. The molecule has 2 aromatic rings. The molecule has 0 N–H and O–H groups in total. The number of pyridine rings is 1. The van der Waals surface area contributed by atoms with Crippen LogP contribution in [0.15, 0.2) is 17.1 Å². The smallest absolute Gasteiger partial charge is 0.321 e. The van der Waals surface area contributed by atoms with Crippen LogP contribution in [0.5, 0.6) is 0 Å². The molecule has 1 aromatic heterocycles. The molecular weight excluding hydrogens is 289 g/mol. The molecule has 5 nitrogen and oxygen atoms in total. The van der Waals surface area contributed by atoms with Crippen molar-refractivity contribution in [3.63, 3.8) is 0 Å². The lowest BCUT2D eigenvalue weighted by Crippen LogP contribution is -2.14. The number of fused-ring (bicyclic) bond motifs is 1. The first-order valence-corrected chi connectivity index (χ1v) is 6.15. The normalized spacial score (nSPS) is 20.8. The molecule has 0 aliphatic heterocycles. The molecule has 1 heterocycles. The van der Waals surface area contributed by atoms with Crippen molar-refractivity contribution in [2.75, 3.05) is 0 Å². The van der Waals surface area contributed by atoms with Crippen molar-refractivity contribution in [1.29, 1.82) is 0 Å². The first-order chi connectivity index (χ1) is 9.84. The van der Waals surface area contributed by atoms with Crippen molar-refractivity contribution in [2.24, 2.45) is 0 Å². The van der Waals surface area contributed by atoms with Gasteiger partial charge in [-0.2, -0.15) is 4.39 Å². The van der Waals surface area contributed by atoms with Crippen LogP contribution in [0.3, 0.4) is 0 Å².